The maximum absolute atomic E-state index is 2.36. The summed E-state index contributed by atoms with van der Waals surface area (Å²) < 4.78 is 1.41. The standard InChI is InChI=1S/C8H13I/c1-3-5-6-7-8(9)4-2/h5-7H,3-4H2,1-2H3/b6-5+,8-7-. The molecule has 0 aromatic carbocycles. The van der Waals surface area contributed by atoms with Crippen LogP contribution in [0.5, 0.6) is 0 Å². The minimum absolute atomic E-state index is 1.13. The Bertz CT molecular complexity index is 112. The van der Waals surface area contributed by atoms with Gasteiger partial charge in [0.1, 0.15) is 0 Å². The van der Waals surface area contributed by atoms with Gasteiger partial charge in [-0.15, -0.1) is 0 Å². The van der Waals surface area contributed by atoms with E-state index in [1.54, 1.807) is 0 Å². The van der Waals surface area contributed by atoms with Crippen LogP contribution in [-0.4, -0.2) is 0 Å². The molecule has 0 aliphatic heterocycles. The van der Waals surface area contributed by atoms with E-state index < -0.39 is 0 Å². The lowest BCUT2D eigenvalue weighted by Crippen LogP contribution is -1.61. The number of allylic oxidation sites excluding steroid dienone is 4. The molecule has 0 bridgehead atoms. The third-order valence-electron chi connectivity index (χ3n) is 0.987. The van der Waals surface area contributed by atoms with Crippen LogP contribution in [-0.2, 0) is 0 Å². The van der Waals surface area contributed by atoms with E-state index in [1.807, 2.05) is 0 Å². The lowest BCUT2D eigenvalue weighted by molar-refractivity contribution is 1.20. The van der Waals surface area contributed by atoms with E-state index in [9.17, 15) is 0 Å². The molecule has 0 aromatic rings. The minimum atomic E-state index is 1.13. The molecule has 0 aliphatic carbocycles. The van der Waals surface area contributed by atoms with Gasteiger partial charge in [-0.1, -0.05) is 32.1 Å². The van der Waals surface area contributed by atoms with Gasteiger partial charge in [-0.2, -0.15) is 0 Å². The van der Waals surface area contributed by atoms with Crippen LogP contribution in [0.2, 0.25) is 0 Å². The summed E-state index contributed by atoms with van der Waals surface area (Å²) in [5, 5.41) is 0. The molecule has 0 saturated carbocycles. The van der Waals surface area contributed by atoms with Gasteiger partial charge < -0.3 is 0 Å². The highest BCUT2D eigenvalue weighted by Gasteiger charge is 1.78. The minimum Gasteiger partial charge on any atom is -0.0848 e. The topological polar surface area (TPSA) is 0 Å². The van der Waals surface area contributed by atoms with Crippen LogP contribution >= 0.6 is 22.6 Å². The third-order valence-corrected chi connectivity index (χ3v) is 2.11. The largest absolute Gasteiger partial charge is 0.0848 e. The Morgan fingerprint density at radius 3 is 2.56 bits per heavy atom. The van der Waals surface area contributed by atoms with Gasteiger partial charge in [0.2, 0.25) is 0 Å². The van der Waals surface area contributed by atoms with Crippen LogP contribution < -0.4 is 0 Å². The number of hydrogen-bond acceptors (Lipinski definition) is 0. The molecular formula is C8H13I. The highest BCUT2D eigenvalue weighted by molar-refractivity contribution is 14.1. The molecule has 0 rings (SSSR count). The van der Waals surface area contributed by atoms with Crippen LogP contribution in [0.4, 0.5) is 0 Å². The summed E-state index contributed by atoms with van der Waals surface area (Å²) in [4.78, 5) is 0. The summed E-state index contributed by atoms with van der Waals surface area (Å²) in [5.74, 6) is 0. The van der Waals surface area contributed by atoms with Crippen molar-refractivity contribution in [2.45, 2.75) is 26.7 Å². The van der Waals surface area contributed by atoms with Crippen molar-refractivity contribution >= 4 is 22.6 Å². The fraction of sp³-hybridized carbons (Fsp3) is 0.500. The molecular weight excluding hydrogens is 223 g/mol. The van der Waals surface area contributed by atoms with Crippen molar-refractivity contribution in [3.63, 3.8) is 0 Å². The summed E-state index contributed by atoms with van der Waals surface area (Å²) in [5.41, 5.74) is 0. The summed E-state index contributed by atoms with van der Waals surface area (Å²) >= 11 is 2.36. The second-order valence-corrected chi connectivity index (χ2v) is 3.19. The van der Waals surface area contributed by atoms with Crippen molar-refractivity contribution in [3.05, 3.63) is 21.8 Å². The van der Waals surface area contributed by atoms with Gasteiger partial charge in [-0.25, -0.2) is 0 Å². The van der Waals surface area contributed by atoms with Crippen molar-refractivity contribution < 1.29 is 0 Å². The van der Waals surface area contributed by atoms with E-state index in [0.29, 0.717) is 0 Å². The van der Waals surface area contributed by atoms with Crippen molar-refractivity contribution in [1.82, 2.24) is 0 Å². The Balaban J connectivity index is 3.55. The average Bonchev–Trinajstić information content (AvgIpc) is 1.89. The first-order chi connectivity index (χ1) is 4.31. The zero-order valence-corrected chi connectivity index (χ0v) is 8.18. The fourth-order valence-corrected chi connectivity index (χ4v) is 0.634. The van der Waals surface area contributed by atoms with E-state index >= 15 is 0 Å². The third kappa shape index (κ3) is 6.09. The Morgan fingerprint density at radius 1 is 1.44 bits per heavy atom. The van der Waals surface area contributed by atoms with Gasteiger partial charge in [0.05, 0.1) is 0 Å². The Labute approximate surface area is 71.2 Å². The van der Waals surface area contributed by atoms with Crippen molar-refractivity contribution in [2.24, 2.45) is 0 Å². The van der Waals surface area contributed by atoms with E-state index in [1.165, 1.54) is 3.58 Å². The Hall–Kier alpha value is 0.210. The van der Waals surface area contributed by atoms with Crippen LogP contribution in [0.15, 0.2) is 21.8 Å². The molecule has 9 heavy (non-hydrogen) atoms. The first kappa shape index (κ1) is 9.21. The Morgan fingerprint density at radius 2 is 2.11 bits per heavy atom. The molecule has 52 valence electrons. The van der Waals surface area contributed by atoms with Crippen LogP contribution in [0.25, 0.3) is 0 Å². The molecule has 0 heterocycles. The molecule has 1 heteroatoms. The van der Waals surface area contributed by atoms with Gasteiger partial charge in [-0.3, -0.25) is 0 Å². The molecule has 0 nitrogen and oxygen atoms in total. The summed E-state index contributed by atoms with van der Waals surface area (Å²) in [6.07, 6.45) is 8.71. The van der Waals surface area contributed by atoms with Crippen LogP contribution in [0.1, 0.15) is 26.7 Å². The molecule has 0 N–H and O–H groups in total. The predicted molar refractivity (Wildman–Crippen MR) is 51.8 cm³/mol. The number of rotatable bonds is 3. The van der Waals surface area contributed by atoms with Crippen LogP contribution in [0.3, 0.4) is 0 Å². The maximum Gasteiger partial charge on any atom is -0.00969 e. The second kappa shape index (κ2) is 6.33. The van der Waals surface area contributed by atoms with Crippen molar-refractivity contribution in [1.29, 1.82) is 0 Å². The maximum atomic E-state index is 2.36. The molecule has 0 radical (unpaired) electrons. The molecule has 0 saturated heterocycles. The molecule has 0 amide bonds. The molecule has 0 atom stereocenters. The van der Waals surface area contributed by atoms with E-state index in [0.717, 1.165) is 12.8 Å². The van der Waals surface area contributed by atoms with E-state index in [2.05, 4.69) is 54.7 Å². The second-order valence-electron chi connectivity index (χ2n) is 1.80. The summed E-state index contributed by atoms with van der Waals surface area (Å²) in [6.45, 7) is 4.31. The van der Waals surface area contributed by atoms with E-state index in [4.69, 9.17) is 0 Å². The molecule has 0 unspecified atom stereocenters. The lowest BCUT2D eigenvalue weighted by atomic mass is 10.3. The lowest BCUT2D eigenvalue weighted by Gasteiger charge is -1.85. The van der Waals surface area contributed by atoms with Crippen molar-refractivity contribution in [2.75, 3.05) is 0 Å². The average molecular weight is 236 g/mol. The SMILES string of the molecule is CC/C=C/C=C(\I)CC. The number of hydrogen-bond donors (Lipinski definition) is 0. The molecule has 0 aromatic heterocycles. The first-order valence-electron chi connectivity index (χ1n) is 3.32. The fourth-order valence-electron chi connectivity index (χ4n) is 0.426. The highest BCUT2D eigenvalue weighted by atomic mass is 127. The van der Waals surface area contributed by atoms with Gasteiger partial charge in [0, 0.05) is 0 Å². The normalized spacial score (nSPS) is 13.0. The highest BCUT2D eigenvalue weighted by Crippen LogP contribution is 2.09. The number of halogens is 1. The zero-order chi connectivity index (χ0) is 7.11. The quantitative estimate of drug-likeness (QED) is 0.518. The van der Waals surface area contributed by atoms with Crippen molar-refractivity contribution in [3.8, 4) is 0 Å². The Kier molecular flexibility index (Phi) is 6.48. The van der Waals surface area contributed by atoms with Crippen LogP contribution in [0, 0.1) is 0 Å². The smallest absolute Gasteiger partial charge is 0.00969 e. The van der Waals surface area contributed by atoms with Gasteiger partial charge in [0.25, 0.3) is 0 Å². The predicted octanol–water partition coefficient (Wildman–Crippen LogP) is 3.68. The summed E-state index contributed by atoms with van der Waals surface area (Å²) in [7, 11) is 0. The molecule has 0 aliphatic rings. The summed E-state index contributed by atoms with van der Waals surface area (Å²) in [6, 6.07) is 0. The van der Waals surface area contributed by atoms with Gasteiger partial charge in [-0.05, 0) is 39.0 Å². The monoisotopic (exact) mass is 236 g/mol. The molecule has 0 spiro atoms. The first-order valence-corrected chi connectivity index (χ1v) is 4.40. The van der Waals surface area contributed by atoms with Gasteiger partial charge >= 0.3 is 0 Å². The molecule has 0 fully saturated rings. The van der Waals surface area contributed by atoms with E-state index in [-0.39, 0.29) is 0 Å². The van der Waals surface area contributed by atoms with Gasteiger partial charge in [0.15, 0.2) is 0 Å². The zero-order valence-electron chi connectivity index (χ0n) is 6.02.